The Balaban J connectivity index is 2.16. The van der Waals surface area contributed by atoms with Gasteiger partial charge < -0.3 is 16.6 Å². The highest BCUT2D eigenvalue weighted by Gasteiger charge is 2.25. The summed E-state index contributed by atoms with van der Waals surface area (Å²) in [6.07, 6.45) is 3.04. The van der Waals surface area contributed by atoms with E-state index in [0.717, 1.165) is 12.3 Å². The minimum atomic E-state index is -1.18. The van der Waals surface area contributed by atoms with Crippen LogP contribution in [0.1, 0.15) is 25.7 Å². The summed E-state index contributed by atoms with van der Waals surface area (Å²) in [6, 6.07) is -0.483. The van der Waals surface area contributed by atoms with Crippen LogP contribution in [0.3, 0.4) is 0 Å². The predicted octanol–water partition coefficient (Wildman–Crippen LogP) is -0.650. The van der Waals surface area contributed by atoms with E-state index in [0.29, 0.717) is 6.42 Å². The van der Waals surface area contributed by atoms with Gasteiger partial charge in [-0.3, -0.25) is 4.79 Å². The normalized spacial score (nSPS) is 21.8. The molecule has 0 bridgehead atoms. The molecule has 2 unspecified atom stereocenters. The fourth-order valence-corrected chi connectivity index (χ4v) is 1.20. The molecule has 1 aliphatic carbocycles. The number of hydrogen-bond donors (Lipinski definition) is 3. The van der Waals surface area contributed by atoms with Gasteiger partial charge in [0.05, 0.1) is 0 Å². The molecule has 70 valence electrons. The Hall–Kier alpha value is -0.610. The number of nitrogens with two attached hydrogens (primary N) is 2. The van der Waals surface area contributed by atoms with Gasteiger partial charge in [0, 0.05) is 6.04 Å². The third kappa shape index (κ3) is 2.79. The summed E-state index contributed by atoms with van der Waals surface area (Å²) in [4.78, 5) is 10.5. The molecule has 1 saturated carbocycles. The Bertz CT molecular complexity index is 168. The van der Waals surface area contributed by atoms with Gasteiger partial charge in [-0.25, -0.2) is 0 Å². The summed E-state index contributed by atoms with van der Waals surface area (Å²) in [6.45, 7) is 0. The van der Waals surface area contributed by atoms with Gasteiger partial charge in [0.25, 0.3) is 0 Å². The van der Waals surface area contributed by atoms with Crippen molar-refractivity contribution in [3.05, 3.63) is 0 Å². The first kappa shape index (κ1) is 9.48. The summed E-state index contributed by atoms with van der Waals surface area (Å²) in [5, 5.41) is 9.13. The third-order valence-electron chi connectivity index (χ3n) is 2.30. The van der Waals surface area contributed by atoms with E-state index in [-0.39, 0.29) is 0 Å². The van der Waals surface area contributed by atoms with Crippen LogP contribution in [0.15, 0.2) is 0 Å². The summed E-state index contributed by atoms with van der Waals surface area (Å²) in [7, 11) is 0. The van der Waals surface area contributed by atoms with Gasteiger partial charge >= 0.3 is 0 Å². The fourth-order valence-electron chi connectivity index (χ4n) is 1.20. The van der Waals surface area contributed by atoms with Crippen molar-refractivity contribution >= 4 is 5.91 Å². The van der Waals surface area contributed by atoms with Crippen LogP contribution < -0.4 is 11.5 Å². The zero-order chi connectivity index (χ0) is 9.14. The number of carbonyl (C=O) groups excluding carboxylic acids is 1. The molecule has 4 heteroatoms. The molecule has 0 aromatic heterocycles. The monoisotopic (exact) mass is 172 g/mol. The van der Waals surface area contributed by atoms with Crippen molar-refractivity contribution in [2.24, 2.45) is 17.4 Å². The molecule has 0 heterocycles. The van der Waals surface area contributed by atoms with Crippen LogP contribution >= 0.6 is 0 Å². The third-order valence-corrected chi connectivity index (χ3v) is 2.30. The van der Waals surface area contributed by atoms with E-state index in [1.54, 1.807) is 0 Å². The zero-order valence-electron chi connectivity index (χ0n) is 7.07. The molecule has 0 radical (unpaired) electrons. The van der Waals surface area contributed by atoms with Crippen LogP contribution in [0.5, 0.6) is 0 Å². The average molecular weight is 172 g/mol. The minimum absolute atomic E-state index is 0.483. The Morgan fingerprint density at radius 3 is 2.58 bits per heavy atom. The second-order valence-corrected chi connectivity index (χ2v) is 3.53. The number of aliphatic hydroxyl groups excluding tert-OH is 1. The van der Waals surface area contributed by atoms with E-state index in [9.17, 15) is 4.79 Å². The van der Waals surface area contributed by atoms with Crippen LogP contribution in [0.2, 0.25) is 0 Å². The zero-order valence-corrected chi connectivity index (χ0v) is 7.07. The largest absolute Gasteiger partial charge is 0.382 e. The lowest BCUT2D eigenvalue weighted by Crippen LogP contribution is -2.44. The molecular weight excluding hydrogens is 156 g/mol. The van der Waals surface area contributed by atoms with Crippen molar-refractivity contribution < 1.29 is 9.90 Å². The highest BCUT2D eigenvalue weighted by atomic mass is 16.3. The molecule has 0 aromatic carbocycles. The number of rotatable bonds is 5. The van der Waals surface area contributed by atoms with E-state index in [4.69, 9.17) is 16.6 Å². The Morgan fingerprint density at radius 2 is 2.17 bits per heavy atom. The molecule has 0 aliphatic heterocycles. The van der Waals surface area contributed by atoms with Crippen molar-refractivity contribution in [3.8, 4) is 0 Å². The van der Waals surface area contributed by atoms with Crippen molar-refractivity contribution in [1.82, 2.24) is 0 Å². The summed E-state index contributed by atoms with van der Waals surface area (Å²) in [5.41, 5.74) is 10.4. The Labute approximate surface area is 71.9 Å². The van der Waals surface area contributed by atoms with Crippen molar-refractivity contribution in [2.45, 2.75) is 37.8 Å². The van der Waals surface area contributed by atoms with E-state index in [2.05, 4.69) is 0 Å². The van der Waals surface area contributed by atoms with Gasteiger partial charge in [0.1, 0.15) is 6.10 Å². The molecular formula is C8H16N2O2. The van der Waals surface area contributed by atoms with E-state index in [1.165, 1.54) is 12.8 Å². The number of carbonyl (C=O) groups is 1. The standard InChI is InChI=1S/C8H16N2O2/c9-6(7(11)8(10)12)4-3-5-1-2-5/h5-7,11H,1-4,9H2,(H2,10,12). The summed E-state index contributed by atoms with van der Waals surface area (Å²) < 4.78 is 0. The molecule has 12 heavy (non-hydrogen) atoms. The molecule has 0 spiro atoms. The van der Waals surface area contributed by atoms with Crippen LogP contribution in [0, 0.1) is 5.92 Å². The van der Waals surface area contributed by atoms with Crippen LogP contribution in [0.25, 0.3) is 0 Å². The Morgan fingerprint density at radius 1 is 1.58 bits per heavy atom. The lowest BCUT2D eigenvalue weighted by atomic mass is 10.0. The van der Waals surface area contributed by atoms with E-state index in [1.807, 2.05) is 0 Å². The number of primary amides is 1. The molecule has 1 rings (SSSR count). The van der Waals surface area contributed by atoms with Crippen molar-refractivity contribution in [1.29, 1.82) is 0 Å². The Kier molecular flexibility index (Phi) is 3.05. The van der Waals surface area contributed by atoms with E-state index < -0.39 is 18.1 Å². The molecule has 1 fully saturated rings. The van der Waals surface area contributed by atoms with Crippen LogP contribution in [0.4, 0.5) is 0 Å². The maximum absolute atomic E-state index is 10.5. The number of amides is 1. The maximum atomic E-state index is 10.5. The van der Waals surface area contributed by atoms with Crippen LogP contribution in [-0.2, 0) is 4.79 Å². The summed E-state index contributed by atoms with van der Waals surface area (Å²) >= 11 is 0. The first-order valence-corrected chi connectivity index (χ1v) is 4.34. The molecule has 5 N–H and O–H groups in total. The molecule has 0 saturated heterocycles. The SMILES string of the molecule is NC(=O)C(O)C(N)CCC1CC1. The maximum Gasteiger partial charge on any atom is 0.247 e. The minimum Gasteiger partial charge on any atom is -0.382 e. The van der Waals surface area contributed by atoms with Crippen molar-refractivity contribution in [2.75, 3.05) is 0 Å². The fraction of sp³-hybridized carbons (Fsp3) is 0.875. The van der Waals surface area contributed by atoms with Gasteiger partial charge in [-0.2, -0.15) is 0 Å². The topological polar surface area (TPSA) is 89.3 Å². The van der Waals surface area contributed by atoms with Gasteiger partial charge in [0.2, 0.25) is 5.91 Å². The molecule has 1 aliphatic rings. The molecule has 0 aromatic rings. The van der Waals surface area contributed by atoms with Gasteiger partial charge in [-0.15, -0.1) is 0 Å². The molecule has 4 nitrogen and oxygen atoms in total. The number of hydrogen-bond acceptors (Lipinski definition) is 3. The highest BCUT2D eigenvalue weighted by molar-refractivity contribution is 5.79. The smallest absolute Gasteiger partial charge is 0.247 e. The first-order chi connectivity index (χ1) is 5.61. The highest BCUT2D eigenvalue weighted by Crippen LogP contribution is 2.33. The lowest BCUT2D eigenvalue weighted by molar-refractivity contribution is -0.127. The number of aliphatic hydroxyl groups is 1. The van der Waals surface area contributed by atoms with E-state index >= 15 is 0 Å². The van der Waals surface area contributed by atoms with Gasteiger partial charge in [0.15, 0.2) is 0 Å². The van der Waals surface area contributed by atoms with Gasteiger partial charge in [-0.1, -0.05) is 12.8 Å². The second kappa shape index (κ2) is 3.87. The summed E-state index contributed by atoms with van der Waals surface area (Å²) in [5.74, 6) is 0.0504. The molecule has 2 atom stereocenters. The van der Waals surface area contributed by atoms with Crippen LogP contribution in [-0.4, -0.2) is 23.2 Å². The van der Waals surface area contributed by atoms with Crippen molar-refractivity contribution in [3.63, 3.8) is 0 Å². The second-order valence-electron chi connectivity index (χ2n) is 3.53. The average Bonchev–Trinajstić information content (AvgIpc) is 2.81. The lowest BCUT2D eigenvalue weighted by Gasteiger charge is -2.14. The quantitative estimate of drug-likeness (QED) is 0.514. The first-order valence-electron chi connectivity index (χ1n) is 4.34. The molecule has 1 amide bonds. The van der Waals surface area contributed by atoms with Gasteiger partial charge in [-0.05, 0) is 18.8 Å². The predicted molar refractivity (Wildman–Crippen MR) is 45.1 cm³/mol.